The van der Waals surface area contributed by atoms with Gasteiger partial charge < -0.3 is 14.6 Å². The normalized spacial score (nSPS) is 21.1. The third-order valence-electron chi connectivity index (χ3n) is 3.81. The van der Waals surface area contributed by atoms with E-state index in [-0.39, 0.29) is 6.61 Å². The van der Waals surface area contributed by atoms with Crippen LogP contribution in [0.4, 0.5) is 0 Å². The lowest BCUT2D eigenvalue weighted by Crippen LogP contribution is -2.53. The summed E-state index contributed by atoms with van der Waals surface area (Å²) in [5.74, 6) is -0.549. The minimum absolute atomic E-state index is 0.108. The maximum absolute atomic E-state index is 11.9. The topological polar surface area (TPSA) is 67.8 Å². The van der Waals surface area contributed by atoms with Crippen LogP contribution in [0, 0.1) is 5.92 Å². The summed E-state index contributed by atoms with van der Waals surface area (Å²) >= 11 is 0. The van der Waals surface area contributed by atoms with E-state index in [1.165, 1.54) is 0 Å². The van der Waals surface area contributed by atoms with Crippen LogP contribution in [0.25, 0.3) is 0 Å². The molecule has 1 aliphatic rings. The number of benzene rings is 1. The Labute approximate surface area is 125 Å². The van der Waals surface area contributed by atoms with E-state index in [9.17, 15) is 9.90 Å². The average Bonchev–Trinajstić information content (AvgIpc) is 3.00. The molecule has 1 aromatic rings. The smallest absolute Gasteiger partial charge is 0.331 e. The van der Waals surface area contributed by atoms with Crippen molar-refractivity contribution in [3.8, 4) is 0 Å². The first kappa shape index (κ1) is 15.9. The molecule has 21 heavy (non-hydrogen) atoms. The fourth-order valence-corrected chi connectivity index (χ4v) is 2.62. The fourth-order valence-electron chi connectivity index (χ4n) is 2.62. The lowest BCUT2D eigenvalue weighted by Gasteiger charge is -2.31. The number of aliphatic carboxylic acids is 1. The second kappa shape index (κ2) is 7.54. The SMILES string of the molecule is CCNC(COCC1CCOC1)(C(=O)O)c1ccccc1. The second-order valence-corrected chi connectivity index (χ2v) is 5.35. The summed E-state index contributed by atoms with van der Waals surface area (Å²) in [6, 6.07) is 9.20. The van der Waals surface area contributed by atoms with Crippen molar-refractivity contribution in [1.82, 2.24) is 5.32 Å². The van der Waals surface area contributed by atoms with Crippen LogP contribution in [-0.4, -0.2) is 44.0 Å². The van der Waals surface area contributed by atoms with Crippen LogP contribution in [0.3, 0.4) is 0 Å². The number of carboxylic acids is 1. The number of carbonyl (C=O) groups is 1. The summed E-state index contributed by atoms with van der Waals surface area (Å²) in [7, 11) is 0. The molecule has 0 saturated carbocycles. The Kier molecular flexibility index (Phi) is 5.73. The molecule has 2 unspecified atom stereocenters. The van der Waals surface area contributed by atoms with Crippen molar-refractivity contribution in [3.63, 3.8) is 0 Å². The van der Waals surface area contributed by atoms with Gasteiger partial charge >= 0.3 is 5.97 Å². The van der Waals surface area contributed by atoms with Crippen LogP contribution in [-0.2, 0) is 19.8 Å². The Morgan fingerprint density at radius 2 is 2.24 bits per heavy atom. The van der Waals surface area contributed by atoms with Crippen LogP contribution in [0.2, 0.25) is 0 Å². The standard InChI is InChI=1S/C16H23NO4/c1-2-17-16(15(18)19,14-6-4-3-5-7-14)12-21-11-13-8-9-20-10-13/h3-7,13,17H,2,8-12H2,1H3,(H,18,19). The molecular formula is C16H23NO4. The van der Waals surface area contributed by atoms with Gasteiger partial charge in [0.05, 0.1) is 19.8 Å². The molecule has 0 spiro atoms. The third-order valence-corrected chi connectivity index (χ3v) is 3.81. The van der Waals surface area contributed by atoms with Crippen molar-refractivity contribution < 1.29 is 19.4 Å². The van der Waals surface area contributed by atoms with Crippen LogP contribution >= 0.6 is 0 Å². The van der Waals surface area contributed by atoms with Crippen molar-refractivity contribution in [2.45, 2.75) is 18.9 Å². The molecule has 1 aromatic carbocycles. The van der Waals surface area contributed by atoms with Crippen molar-refractivity contribution in [2.24, 2.45) is 5.92 Å². The van der Waals surface area contributed by atoms with Gasteiger partial charge in [0, 0.05) is 12.5 Å². The van der Waals surface area contributed by atoms with Gasteiger partial charge in [-0.15, -0.1) is 0 Å². The molecule has 0 aromatic heterocycles. The van der Waals surface area contributed by atoms with Gasteiger partial charge in [0.1, 0.15) is 0 Å². The van der Waals surface area contributed by atoms with E-state index >= 15 is 0 Å². The average molecular weight is 293 g/mol. The predicted molar refractivity (Wildman–Crippen MR) is 79.2 cm³/mol. The van der Waals surface area contributed by atoms with Gasteiger partial charge in [0.2, 0.25) is 0 Å². The monoisotopic (exact) mass is 293 g/mol. The molecule has 0 amide bonds. The summed E-state index contributed by atoms with van der Waals surface area (Å²) in [6.45, 7) is 4.56. The number of rotatable bonds is 8. The van der Waals surface area contributed by atoms with Gasteiger partial charge in [0.15, 0.2) is 5.54 Å². The van der Waals surface area contributed by atoms with Crippen molar-refractivity contribution in [2.75, 3.05) is 33.0 Å². The van der Waals surface area contributed by atoms with Crippen molar-refractivity contribution in [3.05, 3.63) is 35.9 Å². The summed E-state index contributed by atoms with van der Waals surface area (Å²) in [5.41, 5.74) is -0.489. The van der Waals surface area contributed by atoms with E-state index in [2.05, 4.69) is 5.32 Å². The summed E-state index contributed by atoms with van der Waals surface area (Å²) < 4.78 is 11.0. The number of hydrogen-bond acceptors (Lipinski definition) is 4. The lowest BCUT2D eigenvalue weighted by atomic mass is 9.90. The predicted octanol–water partition coefficient (Wildman–Crippen LogP) is 1.63. The molecule has 1 fully saturated rings. The number of ether oxygens (including phenoxy) is 2. The van der Waals surface area contributed by atoms with E-state index in [1.54, 1.807) is 0 Å². The summed E-state index contributed by atoms with van der Waals surface area (Å²) in [4.78, 5) is 11.9. The molecule has 1 saturated heterocycles. The molecule has 2 atom stereocenters. The molecule has 1 heterocycles. The van der Waals surface area contributed by atoms with Gasteiger partial charge in [-0.3, -0.25) is 5.32 Å². The van der Waals surface area contributed by atoms with Gasteiger partial charge in [0.25, 0.3) is 0 Å². The Balaban J connectivity index is 2.09. The number of hydrogen-bond donors (Lipinski definition) is 2. The Morgan fingerprint density at radius 1 is 1.48 bits per heavy atom. The minimum atomic E-state index is -1.20. The summed E-state index contributed by atoms with van der Waals surface area (Å²) in [5, 5.41) is 12.8. The molecule has 5 nitrogen and oxygen atoms in total. The Hall–Kier alpha value is -1.43. The quantitative estimate of drug-likeness (QED) is 0.762. The Morgan fingerprint density at radius 3 is 2.81 bits per heavy atom. The maximum Gasteiger partial charge on any atom is 0.331 e. The minimum Gasteiger partial charge on any atom is -0.480 e. The molecular weight excluding hydrogens is 270 g/mol. The van der Waals surface area contributed by atoms with Crippen molar-refractivity contribution >= 4 is 5.97 Å². The summed E-state index contributed by atoms with van der Waals surface area (Å²) in [6.07, 6.45) is 0.979. The first-order valence-corrected chi connectivity index (χ1v) is 7.38. The highest BCUT2D eigenvalue weighted by molar-refractivity contribution is 5.81. The maximum atomic E-state index is 11.9. The van der Waals surface area contributed by atoms with E-state index in [0.29, 0.717) is 31.2 Å². The molecule has 0 radical (unpaired) electrons. The van der Waals surface area contributed by atoms with Crippen molar-refractivity contribution in [1.29, 1.82) is 0 Å². The molecule has 0 aliphatic carbocycles. The molecule has 2 N–H and O–H groups in total. The van der Waals surface area contributed by atoms with Crippen LogP contribution in [0.1, 0.15) is 18.9 Å². The molecule has 116 valence electrons. The van der Waals surface area contributed by atoms with Gasteiger partial charge in [-0.2, -0.15) is 0 Å². The zero-order valence-electron chi connectivity index (χ0n) is 12.4. The number of carboxylic acid groups (broad SMARTS) is 1. The van der Waals surface area contributed by atoms with Crippen LogP contribution in [0.5, 0.6) is 0 Å². The van der Waals surface area contributed by atoms with Crippen LogP contribution in [0.15, 0.2) is 30.3 Å². The fraction of sp³-hybridized carbons (Fsp3) is 0.562. The number of nitrogens with one attached hydrogen (secondary N) is 1. The largest absolute Gasteiger partial charge is 0.480 e. The highest BCUT2D eigenvalue weighted by atomic mass is 16.5. The molecule has 5 heteroatoms. The zero-order valence-corrected chi connectivity index (χ0v) is 12.4. The third kappa shape index (κ3) is 3.81. The van der Waals surface area contributed by atoms with E-state index in [4.69, 9.17) is 9.47 Å². The van der Waals surface area contributed by atoms with E-state index < -0.39 is 11.5 Å². The Bertz CT molecular complexity index is 445. The lowest BCUT2D eigenvalue weighted by molar-refractivity contribution is -0.148. The van der Waals surface area contributed by atoms with Gasteiger partial charge in [-0.1, -0.05) is 37.3 Å². The molecule has 0 bridgehead atoms. The zero-order chi connectivity index (χ0) is 15.1. The first-order valence-electron chi connectivity index (χ1n) is 7.38. The van der Waals surface area contributed by atoms with E-state index in [1.807, 2.05) is 37.3 Å². The molecule has 2 rings (SSSR count). The highest BCUT2D eigenvalue weighted by Crippen LogP contribution is 2.23. The molecule has 1 aliphatic heterocycles. The van der Waals surface area contributed by atoms with Gasteiger partial charge in [-0.05, 0) is 18.5 Å². The van der Waals surface area contributed by atoms with Gasteiger partial charge in [-0.25, -0.2) is 4.79 Å². The first-order chi connectivity index (χ1) is 10.2. The van der Waals surface area contributed by atoms with Crippen LogP contribution < -0.4 is 5.32 Å². The van der Waals surface area contributed by atoms with E-state index in [0.717, 1.165) is 13.0 Å². The second-order valence-electron chi connectivity index (χ2n) is 5.35. The highest BCUT2D eigenvalue weighted by Gasteiger charge is 2.40. The number of likely N-dealkylation sites (N-methyl/N-ethyl adjacent to an activating group) is 1.